The number of hydrogen-bond acceptors (Lipinski definition) is 2. The Kier molecular flexibility index (Phi) is 5.03. The monoisotopic (exact) mass is 316 g/mol. The number of anilines is 1. The molecule has 0 atom stereocenters. The van der Waals surface area contributed by atoms with Crippen molar-refractivity contribution in [2.24, 2.45) is 10.7 Å². The first kappa shape index (κ1) is 17.0. The van der Waals surface area contributed by atoms with Crippen LogP contribution >= 0.6 is 0 Å². The number of aliphatic imine (C=N–C) groups is 1. The average molecular weight is 316 g/mol. The maximum atomic E-state index is 12.1. The van der Waals surface area contributed by atoms with E-state index in [9.17, 15) is 4.79 Å². The van der Waals surface area contributed by atoms with Crippen LogP contribution in [-0.4, -0.2) is 49.2 Å². The van der Waals surface area contributed by atoms with Crippen LogP contribution in [-0.2, 0) is 10.2 Å². The molecule has 1 amide bonds. The van der Waals surface area contributed by atoms with Crippen LogP contribution in [0.25, 0.3) is 0 Å². The summed E-state index contributed by atoms with van der Waals surface area (Å²) >= 11 is 0. The van der Waals surface area contributed by atoms with Gasteiger partial charge in [-0.15, -0.1) is 0 Å². The Morgan fingerprint density at radius 3 is 2.39 bits per heavy atom. The first-order valence-corrected chi connectivity index (χ1v) is 7.85. The number of piperazine rings is 1. The first-order chi connectivity index (χ1) is 10.8. The lowest BCUT2D eigenvalue weighted by molar-refractivity contribution is -0.124. The van der Waals surface area contributed by atoms with E-state index in [0.29, 0.717) is 13.1 Å². The Morgan fingerprint density at radius 2 is 1.83 bits per heavy atom. The molecule has 1 aromatic carbocycles. The second kappa shape index (κ2) is 6.81. The third-order valence-corrected chi connectivity index (χ3v) is 4.05. The highest BCUT2D eigenvalue weighted by molar-refractivity contribution is 6.38. The molecule has 1 aliphatic heterocycles. The van der Waals surface area contributed by atoms with Gasteiger partial charge in [0, 0.05) is 31.9 Å². The van der Waals surface area contributed by atoms with Crippen LogP contribution in [0.3, 0.4) is 0 Å². The van der Waals surface area contributed by atoms with Crippen LogP contribution in [0, 0.1) is 0 Å². The number of nitrogens with two attached hydrogens (primary N) is 2. The molecule has 0 saturated carbocycles. The highest BCUT2D eigenvalue weighted by Crippen LogP contribution is 2.32. The molecular formula is C17H26N5O+. The number of benzene rings is 1. The largest absolute Gasteiger partial charge is 0.368 e. The average Bonchev–Trinajstić information content (AvgIpc) is 2.54. The number of carbonyl (C=O) groups is 1. The van der Waals surface area contributed by atoms with Crippen LogP contribution in [0.4, 0.5) is 5.69 Å². The molecular weight excluding hydrogens is 290 g/mol. The zero-order valence-corrected chi connectivity index (χ0v) is 14.1. The Hall–Kier alpha value is -2.37. The minimum absolute atomic E-state index is 0.0592. The maximum Gasteiger partial charge on any atom is 0.315 e. The minimum Gasteiger partial charge on any atom is -0.368 e. The van der Waals surface area contributed by atoms with Crippen molar-refractivity contribution in [1.82, 2.24) is 4.90 Å². The predicted octanol–water partition coefficient (Wildman–Crippen LogP) is -0.223. The first-order valence-electron chi connectivity index (χ1n) is 7.85. The van der Waals surface area contributed by atoms with Crippen molar-refractivity contribution in [3.8, 4) is 0 Å². The van der Waals surface area contributed by atoms with Crippen LogP contribution in [0.2, 0.25) is 0 Å². The molecule has 2 rings (SSSR count). The van der Waals surface area contributed by atoms with Crippen molar-refractivity contribution in [1.29, 1.82) is 0 Å². The van der Waals surface area contributed by atoms with Gasteiger partial charge >= 0.3 is 11.7 Å². The molecule has 0 bridgehead atoms. The lowest BCUT2D eigenvalue weighted by Crippen LogP contribution is -2.52. The Balaban J connectivity index is 2.10. The molecule has 1 aromatic rings. The van der Waals surface area contributed by atoms with Gasteiger partial charge in [0.15, 0.2) is 0 Å². The van der Waals surface area contributed by atoms with E-state index in [-0.39, 0.29) is 17.2 Å². The van der Waals surface area contributed by atoms with Gasteiger partial charge in [0.25, 0.3) is 6.34 Å². The van der Waals surface area contributed by atoms with Crippen molar-refractivity contribution >= 4 is 23.8 Å². The molecule has 23 heavy (non-hydrogen) atoms. The van der Waals surface area contributed by atoms with Gasteiger partial charge in [-0.25, -0.2) is 0 Å². The fraction of sp³-hybridized carbons (Fsp3) is 0.471. The summed E-state index contributed by atoms with van der Waals surface area (Å²) in [7, 11) is 0. The molecule has 1 saturated heterocycles. The molecule has 0 unspecified atom stereocenters. The van der Waals surface area contributed by atoms with E-state index in [4.69, 9.17) is 11.1 Å². The van der Waals surface area contributed by atoms with Crippen LogP contribution in [0.15, 0.2) is 29.3 Å². The number of nitrogens with zero attached hydrogens (tertiary/aromatic N) is 3. The maximum absolute atomic E-state index is 12.1. The standard InChI is InChI=1S/C17H25N5O/c1-17(2,3)13-6-4-5-7-14(13)21-8-10-22(11-9-21)16(23)15(19)20-12-18/h4-7,12H,8-11H2,1-3H3,(H3,18,19,20)/p+1. The molecule has 6 heteroatoms. The van der Waals surface area contributed by atoms with Crippen LogP contribution < -0.4 is 16.0 Å². The van der Waals surface area contributed by atoms with Gasteiger partial charge in [0.05, 0.1) is 0 Å². The van der Waals surface area contributed by atoms with Gasteiger partial charge in [-0.3, -0.25) is 10.2 Å². The van der Waals surface area contributed by atoms with E-state index in [1.807, 2.05) is 0 Å². The second-order valence-corrected chi connectivity index (χ2v) is 6.71. The highest BCUT2D eigenvalue weighted by atomic mass is 16.2. The third-order valence-electron chi connectivity index (χ3n) is 4.05. The van der Waals surface area contributed by atoms with E-state index >= 15 is 0 Å². The van der Waals surface area contributed by atoms with E-state index < -0.39 is 0 Å². The Morgan fingerprint density at radius 1 is 1.22 bits per heavy atom. The number of rotatable bonds is 2. The lowest BCUT2D eigenvalue weighted by atomic mass is 9.85. The fourth-order valence-electron chi connectivity index (χ4n) is 2.83. The molecule has 0 aromatic heterocycles. The molecule has 124 valence electrons. The van der Waals surface area contributed by atoms with E-state index in [1.54, 1.807) is 4.90 Å². The summed E-state index contributed by atoms with van der Waals surface area (Å²) in [5.41, 5.74) is 8.26. The summed E-state index contributed by atoms with van der Waals surface area (Å²) in [6.07, 6.45) is 1.04. The summed E-state index contributed by atoms with van der Waals surface area (Å²) in [5, 5.41) is 5.18. The van der Waals surface area contributed by atoms with E-state index in [0.717, 1.165) is 19.4 Å². The number of para-hydroxylation sites is 1. The Bertz CT molecular complexity index is 610. The van der Waals surface area contributed by atoms with Gasteiger partial charge < -0.3 is 15.5 Å². The van der Waals surface area contributed by atoms with Gasteiger partial charge in [-0.2, -0.15) is 0 Å². The van der Waals surface area contributed by atoms with Crippen LogP contribution in [0.1, 0.15) is 26.3 Å². The topological polar surface area (TPSA) is 87.5 Å². The molecule has 0 spiro atoms. The van der Waals surface area contributed by atoms with Gasteiger partial charge in [-0.05, 0) is 22.0 Å². The molecule has 1 fully saturated rings. The van der Waals surface area contributed by atoms with Crippen molar-refractivity contribution in [2.75, 3.05) is 31.1 Å². The molecule has 0 aliphatic carbocycles. The van der Waals surface area contributed by atoms with E-state index in [2.05, 4.69) is 54.9 Å². The molecule has 0 radical (unpaired) electrons. The summed E-state index contributed by atoms with van der Waals surface area (Å²) in [6.45, 7) is 9.44. The zero-order valence-electron chi connectivity index (χ0n) is 14.1. The number of hydrogen-bond donors (Lipinski definition) is 2. The van der Waals surface area contributed by atoms with E-state index in [1.165, 1.54) is 11.3 Å². The van der Waals surface area contributed by atoms with Crippen molar-refractivity contribution in [3.05, 3.63) is 29.8 Å². The quantitative estimate of drug-likeness (QED) is 0.584. The van der Waals surface area contributed by atoms with Crippen LogP contribution in [0.5, 0.6) is 0 Å². The number of carbonyl (C=O) groups excluding carboxylic acids is 1. The summed E-state index contributed by atoms with van der Waals surface area (Å²) in [4.78, 5) is 19.8. The smallest absolute Gasteiger partial charge is 0.315 e. The molecule has 1 heterocycles. The minimum atomic E-state index is -0.254. The SMILES string of the molecule is CC(C)(C)c1ccccc1N1CCN(C(=O)C(N)=NC=[NH2+])CC1. The Labute approximate surface area is 137 Å². The molecule has 1 aliphatic rings. The summed E-state index contributed by atoms with van der Waals surface area (Å²) in [6, 6.07) is 8.46. The molecule has 6 nitrogen and oxygen atoms in total. The highest BCUT2D eigenvalue weighted by Gasteiger charge is 2.27. The normalized spacial score (nSPS) is 16.4. The number of amides is 1. The van der Waals surface area contributed by atoms with Gasteiger partial charge in [-0.1, -0.05) is 39.0 Å². The van der Waals surface area contributed by atoms with Crippen molar-refractivity contribution in [2.45, 2.75) is 26.2 Å². The lowest BCUT2D eigenvalue weighted by Gasteiger charge is -2.38. The van der Waals surface area contributed by atoms with Crippen molar-refractivity contribution < 1.29 is 10.2 Å². The zero-order chi connectivity index (χ0) is 17.0. The second-order valence-electron chi connectivity index (χ2n) is 6.71. The van der Waals surface area contributed by atoms with Crippen molar-refractivity contribution in [3.63, 3.8) is 0 Å². The summed E-state index contributed by atoms with van der Waals surface area (Å²) < 4.78 is 0. The van der Waals surface area contributed by atoms with Gasteiger partial charge in [0.2, 0.25) is 0 Å². The molecule has 4 N–H and O–H groups in total. The predicted molar refractivity (Wildman–Crippen MR) is 93.5 cm³/mol. The number of amidine groups is 1. The third kappa shape index (κ3) is 3.88. The van der Waals surface area contributed by atoms with Gasteiger partial charge in [0.1, 0.15) is 0 Å². The summed E-state index contributed by atoms with van der Waals surface area (Å²) in [5.74, 6) is -0.313. The fourth-order valence-corrected chi connectivity index (χ4v) is 2.83.